The van der Waals surface area contributed by atoms with Crippen LogP contribution < -0.4 is 16.0 Å². The van der Waals surface area contributed by atoms with Crippen molar-refractivity contribution in [2.75, 3.05) is 17.2 Å². The second-order valence-electron chi connectivity index (χ2n) is 8.28. The van der Waals surface area contributed by atoms with Gasteiger partial charge in [-0.25, -0.2) is 13.8 Å². The van der Waals surface area contributed by atoms with Crippen molar-refractivity contribution in [3.8, 4) is 0 Å². The van der Waals surface area contributed by atoms with Crippen LogP contribution in [0.4, 0.5) is 33.5 Å². The van der Waals surface area contributed by atoms with Gasteiger partial charge in [-0.2, -0.15) is 13.2 Å². The van der Waals surface area contributed by atoms with Gasteiger partial charge in [-0.3, -0.25) is 9.20 Å². The molecule has 1 aliphatic rings. The molecule has 182 valence electrons. The van der Waals surface area contributed by atoms with Crippen molar-refractivity contribution in [1.82, 2.24) is 14.7 Å². The molecule has 4 rings (SSSR count). The number of hydrogen-bond donors (Lipinski definition) is 3. The molecule has 0 atom stereocenters. The third-order valence-electron chi connectivity index (χ3n) is 5.80. The van der Waals surface area contributed by atoms with Crippen LogP contribution in [0.15, 0.2) is 48.7 Å². The van der Waals surface area contributed by atoms with Crippen LogP contribution >= 0.6 is 0 Å². The molecule has 34 heavy (non-hydrogen) atoms. The first-order valence-corrected chi connectivity index (χ1v) is 10.9. The quantitative estimate of drug-likeness (QED) is 0.407. The second kappa shape index (κ2) is 9.86. The molecular formula is C23H24F5N5O. The van der Waals surface area contributed by atoms with Gasteiger partial charge in [0.1, 0.15) is 11.5 Å². The highest BCUT2D eigenvalue weighted by Gasteiger charge is 2.34. The number of pyridine rings is 1. The van der Waals surface area contributed by atoms with Gasteiger partial charge >= 0.3 is 6.18 Å². The van der Waals surface area contributed by atoms with E-state index in [1.54, 1.807) is 36.4 Å². The van der Waals surface area contributed by atoms with Gasteiger partial charge in [0.05, 0.1) is 6.54 Å². The normalized spacial score (nSPS) is 18.8. The summed E-state index contributed by atoms with van der Waals surface area (Å²) in [5.41, 5.74) is 0.230. The number of imidazole rings is 1. The van der Waals surface area contributed by atoms with Gasteiger partial charge in [-0.15, -0.1) is 0 Å². The van der Waals surface area contributed by atoms with Gasteiger partial charge in [-0.05, 0) is 62.1 Å². The number of aromatic nitrogens is 2. The van der Waals surface area contributed by atoms with E-state index in [9.17, 15) is 26.7 Å². The van der Waals surface area contributed by atoms with Gasteiger partial charge in [0.25, 0.3) is 12.3 Å². The number of nitrogens with one attached hydrogen (secondary N) is 3. The van der Waals surface area contributed by atoms with Crippen LogP contribution in [-0.2, 0) is 6.18 Å². The molecule has 1 saturated carbocycles. The van der Waals surface area contributed by atoms with E-state index in [1.165, 1.54) is 10.5 Å². The van der Waals surface area contributed by atoms with Crippen molar-refractivity contribution in [2.45, 2.75) is 50.4 Å². The predicted molar refractivity (Wildman–Crippen MR) is 118 cm³/mol. The first-order chi connectivity index (χ1) is 16.2. The monoisotopic (exact) mass is 481 g/mol. The molecule has 1 aromatic carbocycles. The lowest BCUT2D eigenvalue weighted by Crippen LogP contribution is -2.40. The standard InChI is InChI=1S/C23H24F5N5O/c24-19(25)12-29-15-6-4-14(5-7-15)22(34)31-17-10-8-16(9-11-17)30-20-2-1-3-21-32-18(13-33(20)21)23(26,27)28/h1-7,13,16-17,19,29-30H,8-12H2,(H,31,34). The van der Waals surface area contributed by atoms with E-state index in [0.29, 0.717) is 29.9 Å². The molecule has 11 heteroatoms. The molecule has 6 nitrogen and oxygen atoms in total. The Kier molecular flexibility index (Phi) is 6.90. The molecule has 0 aliphatic heterocycles. The third-order valence-corrected chi connectivity index (χ3v) is 5.80. The number of carbonyl (C=O) groups excluding carboxylic acids is 1. The van der Waals surface area contributed by atoms with Crippen molar-refractivity contribution in [3.63, 3.8) is 0 Å². The summed E-state index contributed by atoms with van der Waals surface area (Å²) >= 11 is 0. The minimum absolute atomic E-state index is 0.0249. The number of hydrogen-bond acceptors (Lipinski definition) is 4. The van der Waals surface area contributed by atoms with Gasteiger partial charge in [0.15, 0.2) is 5.69 Å². The highest BCUT2D eigenvalue weighted by molar-refractivity contribution is 5.94. The molecule has 1 amide bonds. The van der Waals surface area contributed by atoms with Crippen LogP contribution in [-0.4, -0.2) is 40.3 Å². The van der Waals surface area contributed by atoms with E-state index in [2.05, 4.69) is 20.9 Å². The molecule has 2 aromatic heterocycles. The minimum Gasteiger partial charge on any atom is -0.379 e. The van der Waals surface area contributed by atoms with E-state index in [0.717, 1.165) is 19.0 Å². The fourth-order valence-electron chi connectivity index (χ4n) is 4.06. The van der Waals surface area contributed by atoms with Gasteiger partial charge in [-0.1, -0.05) is 6.07 Å². The van der Waals surface area contributed by atoms with E-state index in [4.69, 9.17) is 0 Å². The smallest absolute Gasteiger partial charge is 0.379 e. The molecular weight excluding hydrogens is 457 g/mol. The van der Waals surface area contributed by atoms with Crippen LogP contribution in [0.25, 0.3) is 5.65 Å². The van der Waals surface area contributed by atoms with Crippen LogP contribution in [0.5, 0.6) is 0 Å². The van der Waals surface area contributed by atoms with E-state index in [1.807, 2.05) is 0 Å². The zero-order valence-electron chi connectivity index (χ0n) is 18.1. The Labute approximate surface area is 192 Å². The summed E-state index contributed by atoms with van der Waals surface area (Å²) in [4.78, 5) is 16.2. The average molecular weight is 481 g/mol. The highest BCUT2D eigenvalue weighted by atomic mass is 19.4. The van der Waals surface area contributed by atoms with Crippen LogP contribution in [0, 0.1) is 0 Å². The maximum atomic E-state index is 13.0. The SMILES string of the molecule is O=C(NC1CCC(Nc2cccc3nc(C(F)(F)F)cn23)CC1)c1ccc(NCC(F)F)cc1. The Morgan fingerprint density at radius 2 is 1.71 bits per heavy atom. The lowest BCUT2D eigenvalue weighted by atomic mass is 9.91. The summed E-state index contributed by atoms with van der Waals surface area (Å²) in [7, 11) is 0. The van der Waals surface area contributed by atoms with Crippen molar-refractivity contribution >= 4 is 23.1 Å². The Bertz CT molecular complexity index is 1120. The molecule has 3 aromatic rings. The largest absolute Gasteiger partial charge is 0.434 e. The maximum absolute atomic E-state index is 13.0. The minimum atomic E-state index is -4.51. The number of anilines is 2. The number of benzene rings is 1. The molecule has 0 unspecified atom stereocenters. The van der Waals surface area contributed by atoms with Crippen LogP contribution in [0.2, 0.25) is 0 Å². The fourth-order valence-corrected chi connectivity index (χ4v) is 4.06. The van der Waals surface area contributed by atoms with Crippen molar-refractivity contribution < 1.29 is 26.7 Å². The zero-order valence-corrected chi connectivity index (χ0v) is 18.1. The van der Waals surface area contributed by atoms with E-state index < -0.39 is 24.8 Å². The molecule has 0 bridgehead atoms. The summed E-state index contributed by atoms with van der Waals surface area (Å²) in [5.74, 6) is 0.299. The lowest BCUT2D eigenvalue weighted by Gasteiger charge is -2.30. The van der Waals surface area contributed by atoms with Crippen LogP contribution in [0.1, 0.15) is 41.7 Å². The highest BCUT2D eigenvalue weighted by Crippen LogP contribution is 2.30. The topological polar surface area (TPSA) is 70.5 Å². The summed E-state index contributed by atoms with van der Waals surface area (Å²) in [6, 6.07) is 11.2. The van der Waals surface area contributed by atoms with Gasteiger partial charge in [0, 0.05) is 29.5 Å². The van der Waals surface area contributed by atoms with Crippen molar-refractivity contribution in [3.05, 3.63) is 59.9 Å². The number of rotatable bonds is 7. The van der Waals surface area contributed by atoms with Gasteiger partial charge in [0.2, 0.25) is 0 Å². The molecule has 0 radical (unpaired) electrons. The Morgan fingerprint density at radius 1 is 1.03 bits per heavy atom. The first kappa shape index (κ1) is 23.8. The molecule has 2 heterocycles. The number of nitrogens with zero attached hydrogens (tertiary/aromatic N) is 2. The molecule has 1 aliphatic carbocycles. The second-order valence-corrected chi connectivity index (χ2v) is 8.28. The summed E-state index contributed by atoms with van der Waals surface area (Å²) in [6.07, 6.45) is -3.09. The lowest BCUT2D eigenvalue weighted by molar-refractivity contribution is -0.140. The predicted octanol–water partition coefficient (Wildman–Crippen LogP) is 5.18. The molecule has 1 fully saturated rings. The molecule has 0 spiro atoms. The number of amides is 1. The number of halogens is 5. The number of fused-ring (bicyclic) bond motifs is 1. The molecule has 0 saturated heterocycles. The third kappa shape index (κ3) is 5.75. The average Bonchev–Trinajstić information content (AvgIpc) is 3.25. The van der Waals surface area contributed by atoms with Crippen LogP contribution in [0.3, 0.4) is 0 Å². The Balaban J connectivity index is 1.30. The van der Waals surface area contributed by atoms with Crippen molar-refractivity contribution in [2.24, 2.45) is 0 Å². The Hall–Kier alpha value is -3.37. The summed E-state index contributed by atoms with van der Waals surface area (Å²) in [6.45, 7) is -0.457. The fraction of sp³-hybridized carbons (Fsp3) is 0.391. The van der Waals surface area contributed by atoms with Crippen molar-refractivity contribution in [1.29, 1.82) is 0 Å². The zero-order chi connectivity index (χ0) is 24.3. The van der Waals surface area contributed by atoms with Gasteiger partial charge < -0.3 is 16.0 Å². The molecule has 3 N–H and O–H groups in total. The number of carbonyl (C=O) groups is 1. The summed E-state index contributed by atoms with van der Waals surface area (Å²) in [5, 5.41) is 8.88. The van der Waals surface area contributed by atoms with E-state index in [-0.39, 0.29) is 23.6 Å². The number of alkyl halides is 5. The Morgan fingerprint density at radius 3 is 2.35 bits per heavy atom. The van der Waals surface area contributed by atoms with E-state index >= 15 is 0 Å². The summed E-state index contributed by atoms with van der Waals surface area (Å²) < 4.78 is 65.0. The maximum Gasteiger partial charge on any atom is 0.434 e. The first-order valence-electron chi connectivity index (χ1n) is 10.9.